The lowest BCUT2D eigenvalue weighted by molar-refractivity contribution is 0.558. The first-order valence-electron chi connectivity index (χ1n) is 4.37. The Balaban J connectivity index is 2.33. The fourth-order valence-electron chi connectivity index (χ4n) is 1.27. The van der Waals surface area contributed by atoms with Crippen LogP contribution in [0.1, 0.15) is 12.5 Å². The van der Waals surface area contributed by atoms with Crippen LogP contribution < -0.4 is 0 Å². The van der Waals surface area contributed by atoms with Crippen molar-refractivity contribution in [2.45, 2.75) is 13.3 Å². The van der Waals surface area contributed by atoms with Crippen LogP contribution in [-0.2, 0) is 6.42 Å². The van der Waals surface area contributed by atoms with Crippen molar-refractivity contribution in [3.63, 3.8) is 0 Å². The zero-order valence-corrected chi connectivity index (χ0v) is 7.53. The Morgan fingerprint density at radius 3 is 2.54 bits per heavy atom. The maximum Gasteiger partial charge on any atom is 0.181 e. The summed E-state index contributed by atoms with van der Waals surface area (Å²) in [6.45, 7) is 2.14. The van der Waals surface area contributed by atoms with E-state index in [1.807, 2.05) is 0 Å². The summed E-state index contributed by atoms with van der Waals surface area (Å²) in [5.41, 5.74) is 3.33. The molecule has 1 heterocycles. The molecular formula is C11H11NO. The van der Waals surface area contributed by atoms with E-state index in [-0.39, 0.29) is 0 Å². The second-order valence-corrected chi connectivity index (χ2v) is 2.92. The first kappa shape index (κ1) is 8.05. The van der Waals surface area contributed by atoms with Crippen LogP contribution in [0.15, 0.2) is 41.3 Å². The molecule has 2 rings (SSSR count). The molecule has 0 amide bonds. The van der Waals surface area contributed by atoms with E-state index in [4.69, 9.17) is 4.42 Å². The molecule has 0 saturated heterocycles. The number of hydrogen-bond acceptors (Lipinski definition) is 2. The summed E-state index contributed by atoms with van der Waals surface area (Å²) >= 11 is 0. The third-order valence-corrected chi connectivity index (χ3v) is 2.09. The van der Waals surface area contributed by atoms with Gasteiger partial charge in [0.1, 0.15) is 12.0 Å². The Morgan fingerprint density at radius 1 is 1.23 bits per heavy atom. The van der Waals surface area contributed by atoms with E-state index in [0.717, 1.165) is 17.7 Å². The van der Waals surface area contributed by atoms with Gasteiger partial charge in [0, 0.05) is 5.56 Å². The van der Waals surface area contributed by atoms with Gasteiger partial charge >= 0.3 is 0 Å². The molecule has 0 atom stereocenters. The minimum Gasteiger partial charge on any atom is -0.451 e. The minimum absolute atomic E-state index is 0.891. The Morgan fingerprint density at radius 2 is 2.00 bits per heavy atom. The van der Waals surface area contributed by atoms with Crippen LogP contribution in [0.4, 0.5) is 0 Å². The van der Waals surface area contributed by atoms with Crippen LogP contribution in [0, 0.1) is 0 Å². The summed E-state index contributed by atoms with van der Waals surface area (Å²) in [6.07, 6.45) is 4.17. The predicted molar refractivity (Wildman–Crippen MR) is 51.3 cm³/mol. The highest BCUT2D eigenvalue weighted by Gasteiger charge is 1.99. The van der Waals surface area contributed by atoms with Crippen LogP contribution >= 0.6 is 0 Å². The van der Waals surface area contributed by atoms with Crippen molar-refractivity contribution >= 4 is 0 Å². The summed E-state index contributed by atoms with van der Waals surface area (Å²) in [4.78, 5) is 4.08. The third kappa shape index (κ3) is 1.61. The molecule has 1 aromatic carbocycles. The maximum absolute atomic E-state index is 4.91. The van der Waals surface area contributed by atoms with Gasteiger partial charge in [-0.25, -0.2) is 4.98 Å². The van der Waals surface area contributed by atoms with Gasteiger partial charge in [0.05, 0.1) is 0 Å². The van der Waals surface area contributed by atoms with Gasteiger partial charge in [-0.05, 0) is 12.0 Å². The van der Waals surface area contributed by atoms with Gasteiger partial charge in [0.2, 0.25) is 0 Å². The van der Waals surface area contributed by atoms with Crippen molar-refractivity contribution in [3.05, 3.63) is 42.5 Å². The van der Waals surface area contributed by atoms with Crippen molar-refractivity contribution < 1.29 is 4.42 Å². The quantitative estimate of drug-likeness (QED) is 0.697. The zero-order valence-electron chi connectivity index (χ0n) is 7.53. The number of oxazole rings is 1. The van der Waals surface area contributed by atoms with Crippen LogP contribution in [0.25, 0.3) is 11.3 Å². The molecule has 66 valence electrons. The average Bonchev–Trinajstić information content (AvgIpc) is 2.71. The minimum atomic E-state index is 0.891. The molecule has 0 aliphatic rings. The molecule has 2 heteroatoms. The fraction of sp³-hybridized carbons (Fsp3) is 0.182. The molecule has 0 fully saturated rings. The molecule has 0 aliphatic heterocycles. The Bertz CT molecular complexity index is 361. The normalized spacial score (nSPS) is 10.2. The number of hydrogen-bond donors (Lipinski definition) is 0. The van der Waals surface area contributed by atoms with Gasteiger partial charge in [-0.3, -0.25) is 0 Å². The number of aromatic nitrogens is 1. The highest BCUT2D eigenvalue weighted by molar-refractivity contribution is 5.57. The van der Waals surface area contributed by atoms with Crippen molar-refractivity contribution in [2.75, 3.05) is 0 Å². The van der Waals surface area contributed by atoms with E-state index >= 15 is 0 Å². The predicted octanol–water partition coefficient (Wildman–Crippen LogP) is 2.90. The van der Waals surface area contributed by atoms with E-state index in [9.17, 15) is 0 Å². The second-order valence-electron chi connectivity index (χ2n) is 2.92. The number of nitrogens with zero attached hydrogens (tertiary/aromatic N) is 1. The molecule has 0 unspecified atom stereocenters. The number of rotatable bonds is 2. The molecule has 13 heavy (non-hydrogen) atoms. The molecule has 1 aromatic heterocycles. The van der Waals surface area contributed by atoms with Gasteiger partial charge in [-0.1, -0.05) is 31.2 Å². The van der Waals surface area contributed by atoms with Crippen LogP contribution in [-0.4, -0.2) is 4.98 Å². The van der Waals surface area contributed by atoms with Crippen LogP contribution in [0.3, 0.4) is 0 Å². The SMILES string of the molecule is CCc1ccc(-c2cocn2)cc1. The molecule has 0 spiro atoms. The molecular weight excluding hydrogens is 162 g/mol. The number of aryl methyl sites for hydroxylation is 1. The molecule has 0 saturated carbocycles. The lowest BCUT2D eigenvalue weighted by Crippen LogP contribution is -1.80. The Hall–Kier alpha value is -1.57. The highest BCUT2D eigenvalue weighted by atomic mass is 16.3. The van der Waals surface area contributed by atoms with Crippen molar-refractivity contribution in [2.24, 2.45) is 0 Å². The Labute approximate surface area is 77.2 Å². The lowest BCUT2D eigenvalue weighted by Gasteiger charge is -1.97. The standard InChI is InChI=1S/C11H11NO/c1-2-9-3-5-10(6-4-9)11-7-13-8-12-11/h3-8H,2H2,1H3. The smallest absolute Gasteiger partial charge is 0.181 e. The monoisotopic (exact) mass is 173 g/mol. The molecule has 0 aliphatic carbocycles. The molecule has 0 bridgehead atoms. The summed E-state index contributed by atoms with van der Waals surface area (Å²) in [6, 6.07) is 8.36. The summed E-state index contributed by atoms with van der Waals surface area (Å²) in [5, 5.41) is 0. The van der Waals surface area contributed by atoms with Gasteiger partial charge < -0.3 is 4.42 Å². The molecule has 0 radical (unpaired) electrons. The summed E-state index contributed by atoms with van der Waals surface area (Å²) in [7, 11) is 0. The van der Waals surface area contributed by atoms with E-state index in [0.29, 0.717) is 0 Å². The summed E-state index contributed by atoms with van der Waals surface area (Å²) in [5.74, 6) is 0. The van der Waals surface area contributed by atoms with E-state index < -0.39 is 0 Å². The Kier molecular flexibility index (Phi) is 2.13. The second kappa shape index (κ2) is 3.44. The van der Waals surface area contributed by atoms with Crippen molar-refractivity contribution in [3.8, 4) is 11.3 Å². The molecule has 2 aromatic rings. The lowest BCUT2D eigenvalue weighted by atomic mass is 10.1. The maximum atomic E-state index is 4.91. The van der Waals surface area contributed by atoms with Crippen LogP contribution in [0.5, 0.6) is 0 Å². The van der Waals surface area contributed by atoms with Crippen molar-refractivity contribution in [1.82, 2.24) is 4.98 Å². The van der Waals surface area contributed by atoms with Gasteiger partial charge in [-0.15, -0.1) is 0 Å². The van der Waals surface area contributed by atoms with E-state index in [1.54, 1.807) is 6.26 Å². The molecule has 0 N–H and O–H groups in total. The first-order chi connectivity index (χ1) is 6.40. The van der Waals surface area contributed by atoms with Crippen molar-refractivity contribution in [1.29, 1.82) is 0 Å². The topological polar surface area (TPSA) is 26.0 Å². The van der Waals surface area contributed by atoms with E-state index in [1.165, 1.54) is 12.0 Å². The average molecular weight is 173 g/mol. The van der Waals surface area contributed by atoms with Crippen LogP contribution in [0.2, 0.25) is 0 Å². The van der Waals surface area contributed by atoms with Gasteiger partial charge in [0.15, 0.2) is 6.39 Å². The van der Waals surface area contributed by atoms with Gasteiger partial charge in [0.25, 0.3) is 0 Å². The molecule has 2 nitrogen and oxygen atoms in total. The third-order valence-electron chi connectivity index (χ3n) is 2.09. The zero-order chi connectivity index (χ0) is 9.10. The number of benzene rings is 1. The largest absolute Gasteiger partial charge is 0.451 e. The summed E-state index contributed by atoms with van der Waals surface area (Å²) < 4.78 is 4.91. The van der Waals surface area contributed by atoms with E-state index in [2.05, 4.69) is 36.2 Å². The first-order valence-corrected chi connectivity index (χ1v) is 4.37. The highest BCUT2D eigenvalue weighted by Crippen LogP contribution is 2.17. The van der Waals surface area contributed by atoms with Gasteiger partial charge in [-0.2, -0.15) is 0 Å². The fourth-order valence-corrected chi connectivity index (χ4v) is 1.27.